The predicted octanol–water partition coefficient (Wildman–Crippen LogP) is 1.34. The molecular weight excluding hydrogens is 378 g/mol. The van der Waals surface area contributed by atoms with Gasteiger partial charge in [-0.3, -0.25) is 19.9 Å². The number of nitrogens with one attached hydrogen (secondary N) is 2. The molecule has 1 aromatic heterocycles. The highest BCUT2D eigenvalue weighted by molar-refractivity contribution is 7.12. The molecule has 0 bridgehead atoms. The van der Waals surface area contributed by atoms with Crippen LogP contribution in [-0.2, 0) is 11.2 Å². The number of nitrogens with zero attached hydrogens (tertiary/aromatic N) is 1. The van der Waals surface area contributed by atoms with Gasteiger partial charge in [-0.15, -0.1) is 0 Å². The van der Waals surface area contributed by atoms with Crippen molar-refractivity contribution in [1.29, 1.82) is 0 Å². The minimum atomic E-state index is -0.778. The quantitative estimate of drug-likeness (QED) is 0.597. The van der Waals surface area contributed by atoms with Crippen LogP contribution in [0.2, 0.25) is 0 Å². The van der Waals surface area contributed by atoms with Gasteiger partial charge in [0, 0.05) is 0 Å². The van der Waals surface area contributed by atoms with Crippen LogP contribution in [0, 0.1) is 0 Å². The summed E-state index contributed by atoms with van der Waals surface area (Å²) >= 11 is 0.877. The second-order valence-corrected chi connectivity index (χ2v) is 8.47. The van der Waals surface area contributed by atoms with Crippen LogP contribution in [0.1, 0.15) is 47.6 Å². The maximum atomic E-state index is 12.8. The largest absolute Gasteiger partial charge is 0.353 e. The lowest BCUT2D eigenvalue weighted by molar-refractivity contribution is -0.0216. The van der Waals surface area contributed by atoms with Crippen molar-refractivity contribution in [1.82, 2.24) is 9.88 Å². The molecule has 0 radical (unpaired) electrons. The van der Waals surface area contributed by atoms with Crippen molar-refractivity contribution in [3.8, 4) is 0 Å². The molecule has 28 heavy (non-hydrogen) atoms. The minimum Gasteiger partial charge on any atom is -0.353 e. The Labute approximate surface area is 166 Å². The van der Waals surface area contributed by atoms with Crippen molar-refractivity contribution >= 4 is 23.1 Å². The van der Waals surface area contributed by atoms with E-state index in [2.05, 4.69) is 17.6 Å². The molecule has 4 atom stereocenters. The third kappa shape index (κ3) is 3.35. The highest BCUT2D eigenvalue weighted by Gasteiger charge is 2.49. The zero-order valence-corrected chi connectivity index (χ0v) is 16.5. The van der Waals surface area contributed by atoms with Gasteiger partial charge in [-0.05, 0) is 24.8 Å². The maximum Gasteiger partial charge on any atom is 0.311 e. The fourth-order valence-electron chi connectivity index (χ4n) is 4.11. The number of carbonyl (C=O) groups is 1. The van der Waals surface area contributed by atoms with Crippen molar-refractivity contribution in [2.75, 3.05) is 5.32 Å². The van der Waals surface area contributed by atoms with E-state index in [0.717, 1.165) is 29.7 Å². The average molecular weight is 404 g/mol. The molecule has 1 fully saturated rings. The van der Waals surface area contributed by atoms with Crippen LogP contribution in [0.4, 0.5) is 5.82 Å². The lowest BCUT2D eigenvalue weighted by Gasteiger charge is -2.32. The summed E-state index contributed by atoms with van der Waals surface area (Å²) in [6.07, 6.45) is 1.53. The lowest BCUT2D eigenvalue weighted by atomic mass is 9.86. The molecule has 0 saturated carbocycles. The number of amides is 1. The van der Waals surface area contributed by atoms with Crippen LogP contribution in [-0.4, -0.2) is 28.4 Å². The number of rotatable bonds is 5. The third-order valence-electron chi connectivity index (χ3n) is 5.27. The molecule has 1 saturated heterocycles. The van der Waals surface area contributed by atoms with Crippen molar-refractivity contribution in [2.24, 2.45) is 11.5 Å². The molecule has 8 nitrogen and oxygen atoms in total. The monoisotopic (exact) mass is 403 g/mol. The number of aromatic nitrogens is 1. The molecule has 9 heteroatoms. The van der Waals surface area contributed by atoms with E-state index in [-0.39, 0.29) is 16.9 Å². The Morgan fingerprint density at radius 3 is 2.75 bits per heavy atom. The van der Waals surface area contributed by atoms with E-state index < -0.39 is 18.1 Å². The number of fused-ring (bicyclic) bond motifs is 1. The molecule has 4 rings (SSSR count). The molecule has 0 aliphatic carbocycles. The van der Waals surface area contributed by atoms with Crippen molar-refractivity contribution in [3.05, 3.63) is 50.4 Å². The van der Waals surface area contributed by atoms with E-state index in [4.69, 9.17) is 16.2 Å². The molecule has 3 heterocycles. The van der Waals surface area contributed by atoms with Crippen LogP contribution in [0.5, 0.6) is 0 Å². The fraction of sp³-hybridized carbons (Fsp3) is 0.474. The average Bonchev–Trinajstić information content (AvgIpc) is 3.12. The summed E-state index contributed by atoms with van der Waals surface area (Å²) in [5, 5.41) is 5.56. The summed E-state index contributed by atoms with van der Waals surface area (Å²) in [4.78, 5) is 25.1. The number of thiazole rings is 1. The van der Waals surface area contributed by atoms with E-state index in [1.807, 2.05) is 30.3 Å². The van der Waals surface area contributed by atoms with Gasteiger partial charge in [-0.25, -0.2) is 0 Å². The Balaban J connectivity index is 1.76. The molecule has 0 spiro atoms. The zero-order valence-electron chi connectivity index (χ0n) is 15.7. The Kier molecular flexibility index (Phi) is 5.00. The fourth-order valence-corrected chi connectivity index (χ4v) is 4.98. The van der Waals surface area contributed by atoms with E-state index >= 15 is 0 Å². The number of ether oxygens (including phenoxy) is 1. The van der Waals surface area contributed by atoms with Crippen molar-refractivity contribution in [3.63, 3.8) is 0 Å². The maximum absolute atomic E-state index is 12.8. The van der Waals surface area contributed by atoms with Crippen LogP contribution in [0.25, 0.3) is 0 Å². The van der Waals surface area contributed by atoms with Crippen molar-refractivity contribution < 1.29 is 9.53 Å². The van der Waals surface area contributed by atoms with E-state index in [9.17, 15) is 9.59 Å². The molecule has 2 aromatic rings. The highest BCUT2D eigenvalue weighted by atomic mass is 32.1. The van der Waals surface area contributed by atoms with E-state index in [1.54, 1.807) is 0 Å². The van der Waals surface area contributed by atoms with Crippen LogP contribution in [0.15, 0.2) is 35.1 Å². The van der Waals surface area contributed by atoms with Gasteiger partial charge in [0.15, 0.2) is 12.5 Å². The Hall–Kier alpha value is -2.20. The first-order chi connectivity index (χ1) is 13.4. The SMILES string of the molecule is CCCC1C[C@@](N)(Cc2ccccc2)[C@H](n2c3c(sc2=O)C(=O)NC(N)N3)O1. The van der Waals surface area contributed by atoms with Gasteiger partial charge < -0.3 is 21.1 Å². The van der Waals surface area contributed by atoms with Gasteiger partial charge in [-0.1, -0.05) is 55.0 Å². The first kappa shape index (κ1) is 19.1. The van der Waals surface area contributed by atoms with E-state index in [1.165, 1.54) is 4.57 Å². The summed E-state index contributed by atoms with van der Waals surface area (Å²) in [6.45, 7) is 2.09. The number of hydrogen-bond acceptors (Lipinski definition) is 7. The Bertz CT molecular complexity index is 927. The topological polar surface area (TPSA) is 124 Å². The summed E-state index contributed by atoms with van der Waals surface area (Å²) in [5.41, 5.74) is 13.0. The van der Waals surface area contributed by atoms with Crippen LogP contribution in [0.3, 0.4) is 0 Å². The summed E-state index contributed by atoms with van der Waals surface area (Å²) in [5.74, 6) is 0.0205. The second kappa shape index (κ2) is 7.32. The zero-order chi connectivity index (χ0) is 19.9. The first-order valence-electron chi connectivity index (χ1n) is 9.48. The van der Waals surface area contributed by atoms with Gasteiger partial charge in [-0.2, -0.15) is 0 Å². The Morgan fingerprint density at radius 1 is 1.29 bits per heavy atom. The molecule has 2 aliphatic rings. The molecule has 2 unspecified atom stereocenters. The molecular formula is C19H25N5O3S. The molecule has 2 aliphatic heterocycles. The standard InChI is InChI=1S/C19H25N5O3S/c1-2-6-12-10-19(21,9-11-7-4-3-5-8-11)16(27-12)24-14-13(28-18(24)26)15(25)23-17(20)22-14/h3-5,7-8,12,16-17,22H,2,6,9-10,20-21H2,1H3,(H,23,25)/t12?,16-,17?,19+/m1/s1. The molecule has 1 aromatic carbocycles. The summed E-state index contributed by atoms with van der Waals surface area (Å²) < 4.78 is 7.77. The van der Waals surface area contributed by atoms with Gasteiger partial charge in [0.1, 0.15) is 10.7 Å². The van der Waals surface area contributed by atoms with Crippen LogP contribution >= 0.6 is 11.3 Å². The highest BCUT2D eigenvalue weighted by Crippen LogP contribution is 2.42. The minimum absolute atomic E-state index is 0.0442. The summed E-state index contributed by atoms with van der Waals surface area (Å²) in [7, 11) is 0. The van der Waals surface area contributed by atoms with Gasteiger partial charge in [0.05, 0.1) is 11.6 Å². The normalized spacial score (nSPS) is 29.2. The smallest absolute Gasteiger partial charge is 0.311 e. The van der Waals surface area contributed by atoms with Gasteiger partial charge >= 0.3 is 4.87 Å². The van der Waals surface area contributed by atoms with E-state index in [0.29, 0.717) is 23.5 Å². The third-order valence-corrected chi connectivity index (χ3v) is 6.22. The predicted molar refractivity (Wildman–Crippen MR) is 108 cm³/mol. The van der Waals surface area contributed by atoms with Crippen molar-refractivity contribution in [2.45, 2.75) is 56.8 Å². The molecule has 6 N–H and O–H groups in total. The number of hydrogen-bond donors (Lipinski definition) is 4. The lowest BCUT2D eigenvalue weighted by Crippen LogP contribution is -2.53. The number of nitrogens with two attached hydrogens (primary N) is 2. The number of anilines is 1. The van der Waals surface area contributed by atoms with Gasteiger partial charge in [0.25, 0.3) is 5.91 Å². The van der Waals surface area contributed by atoms with Crippen LogP contribution < -0.4 is 27.0 Å². The molecule has 150 valence electrons. The van der Waals surface area contributed by atoms with Gasteiger partial charge in [0.2, 0.25) is 0 Å². The second-order valence-electron chi connectivity index (χ2n) is 7.51. The number of carbonyl (C=O) groups excluding carboxylic acids is 1. The Morgan fingerprint density at radius 2 is 2.04 bits per heavy atom. The first-order valence-corrected chi connectivity index (χ1v) is 10.3. The molecule has 1 amide bonds. The number of benzene rings is 1. The summed E-state index contributed by atoms with van der Waals surface area (Å²) in [6, 6.07) is 9.94.